The third kappa shape index (κ3) is 8.18. The molecule has 2 aliphatic rings. The van der Waals surface area contributed by atoms with E-state index in [0.29, 0.717) is 11.5 Å². The number of unbranched alkanes of at least 4 members (excludes halogenated alkanes) is 2. The van der Waals surface area contributed by atoms with Gasteiger partial charge in [0.15, 0.2) is 0 Å². The first-order valence-electron chi connectivity index (χ1n) is 14.0. The summed E-state index contributed by atoms with van der Waals surface area (Å²) in [6, 6.07) is 14.2. The normalized spacial score (nSPS) is 24.9. The lowest BCUT2D eigenvalue weighted by atomic mass is 9.68. The van der Waals surface area contributed by atoms with E-state index >= 15 is 0 Å². The van der Waals surface area contributed by atoms with Crippen molar-refractivity contribution in [1.82, 2.24) is 0 Å². The molecular formula is C31H41F3O2. The Bertz CT molecular complexity index is 925. The molecule has 5 heteroatoms. The number of rotatable bonds is 10. The van der Waals surface area contributed by atoms with Crippen molar-refractivity contribution in [2.45, 2.75) is 103 Å². The zero-order valence-electron chi connectivity index (χ0n) is 21.6. The van der Waals surface area contributed by atoms with Crippen LogP contribution in [0.25, 0.3) is 0 Å². The van der Waals surface area contributed by atoms with Crippen LogP contribution in [0, 0.1) is 17.8 Å². The molecule has 0 radical (unpaired) electrons. The fourth-order valence-electron chi connectivity index (χ4n) is 6.41. The van der Waals surface area contributed by atoms with Crippen LogP contribution in [0.15, 0.2) is 48.5 Å². The maximum Gasteiger partial charge on any atom is 0.573 e. The van der Waals surface area contributed by atoms with E-state index in [1.165, 1.54) is 94.7 Å². The van der Waals surface area contributed by atoms with Gasteiger partial charge in [-0.3, -0.25) is 0 Å². The monoisotopic (exact) mass is 502 g/mol. The third-order valence-electron chi connectivity index (χ3n) is 8.41. The summed E-state index contributed by atoms with van der Waals surface area (Å²) in [5.74, 6) is 3.91. The van der Waals surface area contributed by atoms with Crippen LogP contribution in [0.3, 0.4) is 0 Å². The average Bonchev–Trinajstić information content (AvgIpc) is 2.88. The van der Waals surface area contributed by atoms with Gasteiger partial charge in [-0.05, 0) is 97.6 Å². The maximum atomic E-state index is 12.5. The summed E-state index contributed by atoms with van der Waals surface area (Å²) in [6.07, 6.45) is 11.8. The molecule has 2 aromatic rings. The minimum atomic E-state index is -4.69. The van der Waals surface area contributed by atoms with Gasteiger partial charge in [0.1, 0.15) is 18.1 Å². The molecule has 0 aliphatic heterocycles. The second-order valence-corrected chi connectivity index (χ2v) is 10.9. The Morgan fingerprint density at radius 1 is 0.778 bits per heavy atom. The zero-order chi connectivity index (χ0) is 25.4. The highest BCUT2D eigenvalue weighted by atomic mass is 19.4. The van der Waals surface area contributed by atoms with Crippen molar-refractivity contribution < 1.29 is 22.6 Å². The van der Waals surface area contributed by atoms with E-state index < -0.39 is 6.36 Å². The van der Waals surface area contributed by atoms with Gasteiger partial charge in [-0.2, -0.15) is 0 Å². The van der Waals surface area contributed by atoms with E-state index in [1.54, 1.807) is 12.1 Å². The van der Waals surface area contributed by atoms with Crippen molar-refractivity contribution in [2.24, 2.45) is 17.8 Å². The first-order chi connectivity index (χ1) is 17.4. The van der Waals surface area contributed by atoms with Crippen LogP contribution in [0.4, 0.5) is 13.2 Å². The van der Waals surface area contributed by atoms with Gasteiger partial charge < -0.3 is 9.47 Å². The molecule has 198 valence electrons. The smallest absolute Gasteiger partial charge is 0.489 e. The largest absolute Gasteiger partial charge is 0.573 e. The Kier molecular flexibility index (Phi) is 9.61. The fraction of sp³-hybridized carbons (Fsp3) is 0.613. The Balaban J connectivity index is 1.23. The van der Waals surface area contributed by atoms with Crippen molar-refractivity contribution in [1.29, 1.82) is 0 Å². The molecule has 2 aliphatic carbocycles. The molecule has 0 saturated heterocycles. The number of benzene rings is 2. The predicted octanol–water partition coefficient (Wildman–Crippen LogP) is 9.82. The maximum absolute atomic E-state index is 12.5. The molecule has 0 N–H and O–H groups in total. The molecule has 0 atom stereocenters. The molecule has 0 aromatic heterocycles. The molecule has 4 rings (SSSR count). The van der Waals surface area contributed by atoms with Crippen molar-refractivity contribution >= 4 is 0 Å². The molecule has 2 saturated carbocycles. The highest BCUT2D eigenvalue weighted by molar-refractivity contribution is 5.32. The van der Waals surface area contributed by atoms with Crippen LogP contribution in [0.1, 0.15) is 101 Å². The minimum Gasteiger partial charge on any atom is -0.489 e. The van der Waals surface area contributed by atoms with E-state index in [2.05, 4.69) is 23.8 Å². The summed E-state index contributed by atoms with van der Waals surface area (Å²) >= 11 is 0. The van der Waals surface area contributed by atoms with E-state index in [1.807, 2.05) is 12.1 Å². The fourth-order valence-corrected chi connectivity index (χ4v) is 6.41. The van der Waals surface area contributed by atoms with Crippen molar-refractivity contribution in [3.8, 4) is 11.5 Å². The van der Waals surface area contributed by atoms with Crippen molar-refractivity contribution in [3.63, 3.8) is 0 Å². The van der Waals surface area contributed by atoms with Crippen molar-refractivity contribution in [3.05, 3.63) is 59.7 Å². The van der Waals surface area contributed by atoms with Gasteiger partial charge in [0, 0.05) is 0 Å². The molecule has 0 spiro atoms. The van der Waals surface area contributed by atoms with Gasteiger partial charge in [0.2, 0.25) is 0 Å². The Morgan fingerprint density at radius 3 is 2.14 bits per heavy atom. The highest BCUT2D eigenvalue weighted by Crippen LogP contribution is 2.45. The minimum absolute atomic E-state index is 0.201. The molecule has 2 aromatic carbocycles. The summed E-state index contributed by atoms with van der Waals surface area (Å²) in [7, 11) is 0. The van der Waals surface area contributed by atoms with E-state index in [0.717, 1.165) is 23.5 Å². The van der Waals surface area contributed by atoms with Crippen LogP contribution in [0.2, 0.25) is 0 Å². The summed E-state index contributed by atoms with van der Waals surface area (Å²) in [4.78, 5) is 0. The van der Waals surface area contributed by atoms with Gasteiger partial charge >= 0.3 is 6.36 Å². The molecule has 0 unspecified atom stereocenters. The second kappa shape index (κ2) is 12.9. The van der Waals surface area contributed by atoms with Crippen LogP contribution in [-0.2, 0) is 6.61 Å². The lowest BCUT2D eigenvalue weighted by molar-refractivity contribution is -0.274. The first-order valence-corrected chi connectivity index (χ1v) is 14.0. The average molecular weight is 503 g/mol. The van der Waals surface area contributed by atoms with Crippen LogP contribution in [0.5, 0.6) is 11.5 Å². The Labute approximate surface area is 214 Å². The van der Waals surface area contributed by atoms with Gasteiger partial charge in [-0.1, -0.05) is 69.7 Å². The number of hydrogen-bond acceptors (Lipinski definition) is 2. The Morgan fingerprint density at radius 2 is 1.44 bits per heavy atom. The van der Waals surface area contributed by atoms with Crippen LogP contribution < -0.4 is 9.47 Å². The van der Waals surface area contributed by atoms with Gasteiger partial charge in [-0.25, -0.2) is 0 Å². The number of hydrogen-bond donors (Lipinski definition) is 0. The topological polar surface area (TPSA) is 18.5 Å². The predicted molar refractivity (Wildman–Crippen MR) is 138 cm³/mol. The third-order valence-corrected chi connectivity index (χ3v) is 8.41. The standard InChI is InChI=1S/C31H41F3O2/c1-2-3-4-7-23-12-14-25(15-13-23)26-16-18-27(19-17-26)28-9-6-10-29(21-28)35-22-24-8-5-11-30(20-24)36-31(32,33)34/h5-6,8-11,20-21,23,25-27H,2-4,7,12-19,22H2,1H3. The summed E-state index contributed by atoms with van der Waals surface area (Å²) < 4.78 is 47.4. The SMILES string of the molecule is CCCCCC1CCC(C2CCC(c3cccc(OCc4cccc(OC(F)(F)F)c4)c3)CC2)CC1. The lowest BCUT2D eigenvalue weighted by Crippen LogP contribution is -2.25. The number of halogens is 3. The van der Waals surface area contributed by atoms with Crippen LogP contribution >= 0.6 is 0 Å². The summed E-state index contributed by atoms with van der Waals surface area (Å²) in [5.41, 5.74) is 1.96. The van der Waals surface area contributed by atoms with E-state index in [4.69, 9.17) is 4.74 Å². The molecule has 36 heavy (non-hydrogen) atoms. The second-order valence-electron chi connectivity index (χ2n) is 10.9. The van der Waals surface area contributed by atoms with E-state index in [-0.39, 0.29) is 12.4 Å². The van der Waals surface area contributed by atoms with Crippen molar-refractivity contribution in [2.75, 3.05) is 0 Å². The van der Waals surface area contributed by atoms with Gasteiger partial charge in [0.05, 0.1) is 0 Å². The molecule has 0 amide bonds. The molecule has 2 fully saturated rings. The highest BCUT2D eigenvalue weighted by Gasteiger charge is 2.32. The van der Waals surface area contributed by atoms with Gasteiger partial charge in [-0.15, -0.1) is 13.2 Å². The molecular weight excluding hydrogens is 461 g/mol. The van der Waals surface area contributed by atoms with E-state index in [9.17, 15) is 13.2 Å². The molecule has 2 nitrogen and oxygen atoms in total. The lowest BCUT2D eigenvalue weighted by Gasteiger charge is -2.38. The van der Waals surface area contributed by atoms with Gasteiger partial charge in [0.25, 0.3) is 0 Å². The van der Waals surface area contributed by atoms with Crippen LogP contribution in [-0.4, -0.2) is 6.36 Å². The molecule has 0 heterocycles. The summed E-state index contributed by atoms with van der Waals surface area (Å²) in [5, 5.41) is 0. The number of alkyl halides is 3. The quantitative estimate of drug-likeness (QED) is 0.301. The summed E-state index contributed by atoms with van der Waals surface area (Å²) in [6.45, 7) is 2.49. The first kappa shape index (κ1) is 26.9. The zero-order valence-corrected chi connectivity index (χ0v) is 21.6. The Hall–Kier alpha value is -2.17. The molecule has 0 bridgehead atoms. The number of ether oxygens (including phenoxy) is 2.